The average Bonchev–Trinajstić information content (AvgIpc) is 3.51. The summed E-state index contributed by atoms with van der Waals surface area (Å²) in [6.07, 6.45) is 36.2. The van der Waals surface area contributed by atoms with Crippen molar-refractivity contribution in [2.75, 3.05) is 0 Å². The van der Waals surface area contributed by atoms with Crippen LogP contribution in [0.4, 0.5) is 0 Å². The maximum absolute atomic E-state index is 9.89. The molecule has 4 N–H and O–H groups in total. The van der Waals surface area contributed by atoms with Crippen LogP contribution in [0.3, 0.4) is 0 Å². The van der Waals surface area contributed by atoms with Crippen LogP contribution < -0.4 is 27.6 Å². The Kier molecular flexibility index (Phi) is 19.7. The molecule has 6 unspecified atom stereocenters. The summed E-state index contributed by atoms with van der Waals surface area (Å²) in [5.41, 5.74) is 4.89. The summed E-state index contributed by atoms with van der Waals surface area (Å²) in [5.74, 6) is 0. The monoisotopic (exact) mass is 662 g/mol. The van der Waals surface area contributed by atoms with Gasteiger partial charge in [0.15, 0.2) is 11.9 Å². The number of fused-ring (bicyclic) bond motifs is 1. The number of hydrogen-bond donors (Lipinski definition) is 4. The van der Waals surface area contributed by atoms with E-state index in [1.165, 1.54) is 148 Å². The molecule has 0 aromatic carbocycles. The molecule has 2 fully saturated rings. The second kappa shape index (κ2) is 22.8. The molecule has 0 radical (unpaired) electrons. The number of aliphatic hydroxyl groups excluding tert-OH is 2. The lowest BCUT2D eigenvalue weighted by molar-refractivity contribution is -0.691. The van der Waals surface area contributed by atoms with E-state index in [2.05, 4.69) is 41.3 Å². The first-order valence-electron chi connectivity index (χ1n) is 19.9. The van der Waals surface area contributed by atoms with Gasteiger partial charge in [-0.15, -0.1) is 0 Å². The molecule has 0 saturated carbocycles. The van der Waals surface area contributed by atoms with Crippen LogP contribution in [-0.4, -0.2) is 46.6 Å². The molecule has 0 spiro atoms. The molecule has 46 heavy (non-hydrogen) atoms. The minimum absolute atomic E-state index is 0. The Labute approximate surface area is 289 Å². The van der Waals surface area contributed by atoms with Gasteiger partial charge in [0.05, 0.1) is 12.2 Å². The molecule has 0 aliphatic carbocycles. The Morgan fingerprint density at radius 1 is 0.630 bits per heavy atom. The quantitative estimate of drug-likeness (QED) is 0.104. The fraction of sp³-hybridized carbons (Fsp3) is 0.875. The second-order valence-electron chi connectivity index (χ2n) is 15.4. The standard InChI is InChI=1S/C40H72N3O2.ClH/c1-32-39(44)27-25-36(41-32)22-17-13-9-5-3-7-11-15-20-34-30-35(38-24-19-29-43(38)31-34)21-16-12-8-4-6-10-14-18-23-37-26-28-40(45)33(2)42-37;/h30-33,36-37,39-42,44-45H,3-29H2,1-2H3;1H/q+1;/p-1. The summed E-state index contributed by atoms with van der Waals surface area (Å²) in [7, 11) is 0. The van der Waals surface area contributed by atoms with Crippen molar-refractivity contribution in [2.45, 2.75) is 224 Å². The van der Waals surface area contributed by atoms with Crippen molar-refractivity contribution in [3.05, 3.63) is 29.1 Å². The first-order valence-corrected chi connectivity index (χ1v) is 19.9. The van der Waals surface area contributed by atoms with Crippen molar-refractivity contribution in [3.8, 4) is 0 Å². The third kappa shape index (κ3) is 14.4. The molecule has 6 atom stereocenters. The summed E-state index contributed by atoms with van der Waals surface area (Å²) in [5, 5.41) is 27.0. The molecule has 3 aliphatic rings. The van der Waals surface area contributed by atoms with Crippen molar-refractivity contribution in [3.63, 3.8) is 0 Å². The summed E-state index contributed by atoms with van der Waals surface area (Å²) in [4.78, 5) is 0. The second-order valence-corrected chi connectivity index (χ2v) is 15.4. The fourth-order valence-electron chi connectivity index (χ4n) is 8.46. The minimum Gasteiger partial charge on any atom is -1.00 e. The Balaban J connectivity index is 0.00000576. The number of rotatable bonds is 22. The zero-order valence-electron chi connectivity index (χ0n) is 29.9. The van der Waals surface area contributed by atoms with Gasteiger partial charge in [0.2, 0.25) is 0 Å². The molecule has 6 heteroatoms. The Morgan fingerprint density at radius 3 is 1.59 bits per heavy atom. The van der Waals surface area contributed by atoms with Gasteiger partial charge in [-0.2, -0.15) is 0 Å². The highest BCUT2D eigenvalue weighted by atomic mass is 35.5. The van der Waals surface area contributed by atoms with Crippen molar-refractivity contribution < 1.29 is 27.2 Å². The normalized spacial score (nSPS) is 26.2. The van der Waals surface area contributed by atoms with Crippen molar-refractivity contribution in [1.29, 1.82) is 0 Å². The molecule has 2 saturated heterocycles. The highest BCUT2D eigenvalue weighted by Gasteiger charge is 2.26. The third-order valence-electron chi connectivity index (χ3n) is 11.5. The largest absolute Gasteiger partial charge is 1.00 e. The zero-order chi connectivity index (χ0) is 31.7. The average molecular weight is 662 g/mol. The molecule has 5 nitrogen and oxygen atoms in total. The Hall–Kier alpha value is -0.720. The molecule has 4 heterocycles. The van der Waals surface area contributed by atoms with Gasteiger partial charge in [-0.25, -0.2) is 4.57 Å². The van der Waals surface area contributed by atoms with E-state index in [0.29, 0.717) is 12.1 Å². The number of aromatic nitrogens is 1. The molecule has 0 amide bonds. The predicted molar refractivity (Wildman–Crippen MR) is 189 cm³/mol. The lowest BCUT2D eigenvalue weighted by Crippen LogP contribution is -3.00. The highest BCUT2D eigenvalue weighted by molar-refractivity contribution is 5.23. The summed E-state index contributed by atoms with van der Waals surface area (Å²) < 4.78 is 2.60. The van der Waals surface area contributed by atoms with E-state index >= 15 is 0 Å². The lowest BCUT2D eigenvalue weighted by atomic mass is 9.93. The number of aliphatic hydroxyl groups is 2. The van der Waals surface area contributed by atoms with Gasteiger partial charge >= 0.3 is 0 Å². The fourth-order valence-corrected chi connectivity index (χ4v) is 8.46. The molecular weight excluding hydrogens is 590 g/mol. The summed E-state index contributed by atoms with van der Waals surface area (Å²) in [6.45, 7) is 5.47. The van der Waals surface area contributed by atoms with Crippen LogP contribution in [0, 0.1) is 0 Å². The number of unbranched alkanes of at least 4 members (excludes halogenated alkanes) is 14. The topological polar surface area (TPSA) is 68.4 Å². The third-order valence-corrected chi connectivity index (χ3v) is 11.5. The maximum Gasteiger partial charge on any atom is 0.184 e. The number of hydrogen-bond acceptors (Lipinski definition) is 4. The van der Waals surface area contributed by atoms with Gasteiger partial charge in [0.1, 0.15) is 6.54 Å². The van der Waals surface area contributed by atoms with Crippen LogP contribution in [0.2, 0.25) is 0 Å². The molecule has 1 aromatic rings. The number of aryl methyl sites for hydroxylation is 3. The Morgan fingerprint density at radius 2 is 1.09 bits per heavy atom. The molecule has 1 aromatic heterocycles. The van der Waals surface area contributed by atoms with Crippen LogP contribution in [-0.2, 0) is 25.8 Å². The molecule has 0 bridgehead atoms. The van der Waals surface area contributed by atoms with Crippen LogP contribution in [0.1, 0.15) is 178 Å². The van der Waals surface area contributed by atoms with Gasteiger partial charge in [-0.3, -0.25) is 0 Å². The maximum atomic E-state index is 9.89. The van der Waals surface area contributed by atoms with E-state index < -0.39 is 0 Å². The smallest absolute Gasteiger partial charge is 0.184 e. The number of pyridine rings is 1. The van der Waals surface area contributed by atoms with Crippen molar-refractivity contribution >= 4 is 0 Å². The zero-order valence-corrected chi connectivity index (χ0v) is 30.7. The van der Waals surface area contributed by atoms with Gasteiger partial charge in [-0.05, 0) is 84.1 Å². The van der Waals surface area contributed by atoms with Crippen LogP contribution in [0.15, 0.2) is 12.3 Å². The highest BCUT2D eigenvalue weighted by Crippen LogP contribution is 2.22. The number of nitrogens with zero attached hydrogens (tertiary/aromatic N) is 1. The van der Waals surface area contributed by atoms with Gasteiger partial charge in [0.25, 0.3) is 0 Å². The molecule has 3 aliphatic heterocycles. The van der Waals surface area contributed by atoms with Crippen molar-refractivity contribution in [1.82, 2.24) is 10.6 Å². The SMILES string of the molecule is CC1NC(CCCCCCCCCCc2cc(CCCCCCCCCCC3CCC(O)C(C)N3)c3[n+](c2)CCC3)CCC1O.[Cl-]. The van der Waals surface area contributed by atoms with E-state index in [0.717, 1.165) is 25.7 Å². The van der Waals surface area contributed by atoms with Crippen LogP contribution >= 0.6 is 0 Å². The molecular formula is C40H72ClN3O2. The number of halogens is 1. The van der Waals surface area contributed by atoms with Crippen LogP contribution in [0.5, 0.6) is 0 Å². The van der Waals surface area contributed by atoms with E-state index in [4.69, 9.17) is 0 Å². The summed E-state index contributed by atoms with van der Waals surface area (Å²) in [6, 6.07) is 4.38. The van der Waals surface area contributed by atoms with E-state index in [1.54, 1.807) is 16.8 Å². The molecule has 266 valence electrons. The van der Waals surface area contributed by atoms with Gasteiger partial charge in [0, 0.05) is 48.1 Å². The lowest BCUT2D eigenvalue weighted by Gasteiger charge is -2.32. The van der Waals surface area contributed by atoms with Crippen LogP contribution in [0.25, 0.3) is 0 Å². The van der Waals surface area contributed by atoms with E-state index in [1.807, 2.05) is 0 Å². The Bertz CT molecular complexity index is 945. The van der Waals surface area contributed by atoms with Gasteiger partial charge in [-0.1, -0.05) is 89.9 Å². The van der Waals surface area contributed by atoms with Gasteiger partial charge < -0.3 is 33.3 Å². The first kappa shape index (κ1) is 39.7. The predicted octanol–water partition coefficient (Wildman–Crippen LogP) is 5.03. The molecule has 4 rings (SSSR count). The van der Waals surface area contributed by atoms with E-state index in [9.17, 15) is 10.2 Å². The summed E-state index contributed by atoms with van der Waals surface area (Å²) >= 11 is 0. The first-order chi connectivity index (χ1) is 22.0. The number of piperidine rings is 2. The van der Waals surface area contributed by atoms with E-state index in [-0.39, 0.29) is 36.7 Å². The minimum atomic E-state index is -0.146. The van der Waals surface area contributed by atoms with Crippen molar-refractivity contribution in [2.24, 2.45) is 0 Å². The number of nitrogens with one attached hydrogen (secondary N) is 2.